The molecule has 0 aliphatic carbocycles. The van der Waals surface area contributed by atoms with Gasteiger partial charge < -0.3 is 42.7 Å². The third-order valence-electron chi connectivity index (χ3n) is 3.64. The molecule has 0 aliphatic heterocycles. The molecule has 0 aromatic rings. The number of carboxylic acids is 1. The van der Waals surface area contributed by atoms with E-state index in [1.165, 1.54) is 13.8 Å². The number of aliphatic carboxylic acids is 1. The van der Waals surface area contributed by atoms with E-state index in [0.717, 1.165) is 0 Å². The Bertz CT molecular complexity index is 597. The van der Waals surface area contributed by atoms with Gasteiger partial charge in [0.2, 0.25) is 23.6 Å². The summed E-state index contributed by atoms with van der Waals surface area (Å²) in [6.45, 7) is 1.83. The van der Waals surface area contributed by atoms with Crippen molar-refractivity contribution in [2.75, 3.05) is 6.61 Å². The Labute approximate surface area is 160 Å². The molecule has 0 heterocycles. The van der Waals surface area contributed by atoms with Crippen LogP contribution in [0, 0.1) is 0 Å². The zero-order valence-corrected chi connectivity index (χ0v) is 15.5. The summed E-state index contributed by atoms with van der Waals surface area (Å²) in [6, 6.07) is -5.40. The first-order valence-corrected chi connectivity index (χ1v) is 8.37. The molecule has 0 saturated heterocycles. The second-order valence-electron chi connectivity index (χ2n) is 6.15. The first-order valence-electron chi connectivity index (χ1n) is 8.37. The van der Waals surface area contributed by atoms with Crippen molar-refractivity contribution in [3.8, 4) is 0 Å². The van der Waals surface area contributed by atoms with Crippen LogP contribution in [-0.4, -0.2) is 81.8 Å². The van der Waals surface area contributed by atoms with Crippen molar-refractivity contribution in [2.45, 2.75) is 57.0 Å². The molecule has 5 unspecified atom stereocenters. The van der Waals surface area contributed by atoms with Crippen molar-refractivity contribution in [3.05, 3.63) is 0 Å². The van der Waals surface area contributed by atoms with E-state index >= 15 is 0 Å². The van der Waals surface area contributed by atoms with Gasteiger partial charge in [-0.05, 0) is 20.3 Å². The zero-order valence-electron chi connectivity index (χ0n) is 15.5. The topological polar surface area (TPSA) is 234 Å². The minimum atomic E-state index is -1.53. The summed E-state index contributed by atoms with van der Waals surface area (Å²) >= 11 is 0. The van der Waals surface area contributed by atoms with Crippen LogP contribution in [0.5, 0.6) is 0 Å². The predicted molar refractivity (Wildman–Crippen MR) is 94.3 cm³/mol. The minimum absolute atomic E-state index is 0.275. The van der Waals surface area contributed by atoms with E-state index in [-0.39, 0.29) is 12.8 Å². The van der Waals surface area contributed by atoms with Crippen LogP contribution in [0.1, 0.15) is 26.7 Å². The highest BCUT2D eigenvalue weighted by Gasteiger charge is 2.31. The lowest BCUT2D eigenvalue weighted by Gasteiger charge is -2.25. The molecule has 0 aromatic carbocycles. The van der Waals surface area contributed by atoms with Crippen LogP contribution in [0.15, 0.2) is 0 Å². The summed E-state index contributed by atoms with van der Waals surface area (Å²) in [7, 11) is 0. The lowest BCUT2D eigenvalue weighted by atomic mass is 10.1. The van der Waals surface area contributed by atoms with Crippen molar-refractivity contribution in [2.24, 2.45) is 11.5 Å². The second-order valence-corrected chi connectivity index (χ2v) is 6.15. The molecule has 28 heavy (non-hydrogen) atoms. The van der Waals surface area contributed by atoms with Gasteiger partial charge in [0, 0.05) is 6.42 Å². The lowest BCUT2D eigenvalue weighted by molar-refractivity contribution is -0.143. The molecule has 0 spiro atoms. The van der Waals surface area contributed by atoms with Crippen LogP contribution in [0.4, 0.5) is 0 Å². The van der Waals surface area contributed by atoms with Crippen molar-refractivity contribution in [3.63, 3.8) is 0 Å². The third-order valence-corrected chi connectivity index (χ3v) is 3.64. The van der Waals surface area contributed by atoms with E-state index in [0.29, 0.717) is 0 Å². The Morgan fingerprint density at radius 1 is 0.964 bits per heavy atom. The fourth-order valence-electron chi connectivity index (χ4n) is 1.96. The molecule has 0 radical (unpaired) electrons. The first kappa shape index (κ1) is 25.2. The summed E-state index contributed by atoms with van der Waals surface area (Å²) in [5.74, 6) is -4.86. The Kier molecular flexibility index (Phi) is 10.7. The number of nitrogens with two attached hydrogens (primary N) is 2. The van der Waals surface area contributed by atoms with Gasteiger partial charge in [-0.15, -0.1) is 0 Å². The van der Waals surface area contributed by atoms with Crippen molar-refractivity contribution < 1.29 is 39.3 Å². The van der Waals surface area contributed by atoms with Gasteiger partial charge in [0.15, 0.2) is 0 Å². The number of rotatable bonds is 12. The SMILES string of the molecule is CC(NC(=O)C(N)CO)C(=O)NC(C(=O)NC(CCC(N)=O)C(=O)O)C(C)O. The number of carboxylic acid groups (broad SMARTS) is 1. The van der Waals surface area contributed by atoms with Crippen LogP contribution in [0.3, 0.4) is 0 Å². The number of carbonyl (C=O) groups is 5. The third kappa shape index (κ3) is 8.75. The number of hydrogen-bond acceptors (Lipinski definition) is 8. The molecule has 5 atom stereocenters. The summed E-state index contributed by atoms with van der Waals surface area (Å²) in [5, 5.41) is 34.2. The van der Waals surface area contributed by atoms with Crippen molar-refractivity contribution in [1.29, 1.82) is 0 Å². The van der Waals surface area contributed by atoms with Crippen LogP contribution >= 0.6 is 0 Å². The number of primary amides is 1. The molecule has 0 aromatic heterocycles. The molecule has 0 aliphatic rings. The normalized spacial score (nSPS) is 16.0. The van der Waals surface area contributed by atoms with Gasteiger partial charge in [-0.1, -0.05) is 0 Å². The van der Waals surface area contributed by atoms with E-state index in [4.69, 9.17) is 21.7 Å². The maximum absolute atomic E-state index is 12.3. The molecule has 0 saturated carbocycles. The molecule has 160 valence electrons. The Morgan fingerprint density at radius 3 is 1.96 bits per heavy atom. The molecule has 0 fully saturated rings. The molecule has 13 heteroatoms. The summed E-state index contributed by atoms with van der Waals surface area (Å²) in [6.07, 6.45) is -1.98. The summed E-state index contributed by atoms with van der Waals surface area (Å²) < 4.78 is 0. The van der Waals surface area contributed by atoms with E-state index in [2.05, 4.69) is 16.0 Å². The number of aliphatic hydroxyl groups excluding tert-OH is 2. The van der Waals surface area contributed by atoms with Gasteiger partial charge in [-0.2, -0.15) is 0 Å². The number of hydrogen-bond donors (Lipinski definition) is 8. The van der Waals surface area contributed by atoms with Gasteiger partial charge in [0.25, 0.3) is 0 Å². The largest absolute Gasteiger partial charge is 0.480 e. The molecular weight excluding hydrogens is 378 g/mol. The molecule has 0 rings (SSSR count). The number of carbonyl (C=O) groups excluding carboxylic acids is 4. The van der Waals surface area contributed by atoms with Crippen LogP contribution < -0.4 is 27.4 Å². The maximum Gasteiger partial charge on any atom is 0.326 e. The number of nitrogens with one attached hydrogen (secondary N) is 3. The molecule has 13 nitrogen and oxygen atoms in total. The lowest BCUT2D eigenvalue weighted by Crippen LogP contribution is -2.59. The van der Waals surface area contributed by atoms with Crippen LogP contribution in [-0.2, 0) is 24.0 Å². The maximum atomic E-state index is 12.3. The van der Waals surface area contributed by atoms with E-state index in [1.807, 2.05) is 0 Å². The summed E-state index contributed by atoms with van der Waals surface area (Å²) in [4.78, 5) is 58.0. The molecule has 10 N–H and O–H groups in total. The average molecular weight is 405 g/mol. The second kappa shape index (κ2) is 11.8. The van der Waals surface area contributed by atoms with Gasteiger partial charge in [-0.3, -0.25) is 19.2 Å². The standard InChI is InChI=1S/C15H27N5O8/c1-6(18-13(25)8(16)5-21)12(24)20-11(7(2)22)14(26)19-9(15(27)28)3-4-10(17)23/h6-9,11,21-22H,3-5,16H2,1-2H3,(H2,17,23)(H,18,25)(H,19,26)(H,20,24)(H,27,28). The number of amides is 4. The van der Waals surface area contributed by atoms with Gasteiger partial charge >= 0.3 is 5.97 Å². The molecular formula is C15H27N5O8. The fourth-order valence-corrected chi connectivity index (χ4v) is 1.96. The smallest absolute Gasteiger partial charge is 0.326 e. The highest BCUT2D eigenvalue weighted by molar-refractivity contribution is 5.94. The average Bonchev–Trinajstić information content (AvgIpc) is 2.60. The highest BCUT2D eigenvalue weighted by Crippen LogP contribution is 2.01. The van der Waals surface area contributed by atoms with E-state index in [9.17, 15) is 29.1 Å². The van der Waals surface area contributed by atoms with Crippen molar-refractivity contribution >= 4 is 29.6 Å². The van der Waals surface area contributed by atoms with E-state index in [1.54, 1.807) is 0 Å². The Hall–Kier alpha value is -2.77. The highest BCUT2D eigenvalue weighted by atomic mass is 16.4. The van der Waals surface area contributed by atoms with Crippen LogP contribution in [0.25, 0.3) is 0 Å². The Balaban J connectivity index is 5.02. The number of aliphatic hydroxyl groups is 2. The summed E-state index contributed by atoms with van der Waals surface area (Å²) in [5.41, 5.74) is 10.3. The fraction of sp³-hybridized carbons (Fsp3) is 0.667. The zero-order chi connectivity index (χ0) is 22.0. The van der Waals surface area contributed by atoms with E-state index < -0.39 is 66.5 Å². The monoisotopic (exact) mass is 405 g/mol. The van der Waals surface area contributed by atoms with Gasteiger partial charge in [-0.25, -0.2) is 4.79 Å². The molecule has 0 bridgehead atoms. The first-order chi connectivity index (χ1) is 12.9. The van der Waals surface area contributed by atoms with Crippen LogP contribution in [0.2, 0.25) is 0 Å². The van der Waals surface area contributed by atoms with Gasteiger partial charge in [0.05, 0.1) is 12.7 Å². The molecule has 4 amide bonds. The minimum Gasteiger partial charge on any atom is -0.480 e. The quantitative estimate of drug-likeness (QED) is 0.156. The van der Waals surface area contributed by atoms with Gasteiger partial charge in [0.1, 0.15) is 24.2 Å². The van der Waals surface area contributed by atoms with Crippen molar-refractivity contribution in [1.82, 2.24) is 16.0 Å². The predicted octanol–water partition coefficient (Wildman–Crippen LogP) is -4.49. The Morgan fingerprint density at radius 2 is 1.54 bits per heavy atom.